The molecule has 0 aliphatic heterocycles. The van der Waals surface area contributed by atoms with E-state index in [-0.39, 0.29) is 29.5 Å². The first-order valence-corrected chi connectivity index (χ1v) is 8.96. The Morgan fingerprint density at radius 1 is 1.23 bits per heavy atom. The standard InChI is InChI=1S/C18H18N4O3S/c1-11(2)15(23)21-13-5-3-12(4-6-13)9-19-16(24)14-10-20-18-22(17(14)25)7-8-26-18/h3-8,10-11H,9H2,1-2H3,(H,19,24)(H,21,23). The van der Waals surface area contributed by atoms with Crippen molar-refractivity contribution in [2.45, 2.75) is 20.4 Å². The summed E-state index contributed by atoms with van der Waals surface area (Å²) in [5.41, 5.74) is 1.16. The van der Waals surface area contributed by atoms with Gasteiger partial charge in [-0.25, -0.2) is 4.98 Å². The zero-order valence-electron chi connectivity index (χ0n) is 14.4. The maximum absolute atomic E-state index is 12.3. The van der Waals surface area contributed by atoms with Gasteiger partial charge in [0.1, 0.15) is 5.56 Å². The fourth-order valence-electron chi connectivity index (χ4n) is 2.25. The van der Waals surface area contributed by atoms with E-state index < -0.39 is 5.91 Å². The van der Waals surface area contributed by atoms with Crippen LogP contribution in [-0.2, 0) is 11.3 Å². The highest BCUT2D eigenvalue weighted by molar-refractivity contribution is 7.15. The minimum Gasteiger partial charge on any atom is -0.348 e. The lowest BCUT2D eigenvalue weighted by atomic mass is 10.1. The molecule has 0 bridgehead atoms. The molecule has 0 saturated carbocycles. The normalized spacial score (nSPS) is 10.9. The van der Waals surface area contributed by atoms with Crippen molar-refractivity contribution in [2.75, 3.05) is 5.32 Å². The summed E-state index contributed by atoms with van der Waals surface area (Å²) in [5, 5.41) is 7.26. The average molecular weight is 370 g/mol. The molecule has 1 aromatic carbocycles. The molecular weight excluding hydrogens is 352 g/mol. The van der Waals surface area contributed by atoms with Gasteiger partial charge in [-0.05, 0) is 17.7 Å². The first kappa shape index (κ1) is 17.8. The number of aromatic nitrogens is 2. The highest BCUT2D eigenvalue weighted by Gasteiger charge is 2.13. The van der Waals surface area contributed by atoms with E-state index in [1.165, 1.54) is 21.9 Å². The number of benzene rings is 1. The van der Waals surface area contributed by atoms with Crippen LogP contribution in [0.5, 0.6) is 0 Å². The monoisotopic (exact) mass is 370 g/mol. The van der Waals surface area contributed by atoms with Gasteiger partial charge in [0.15, 0.2) is 4.96 Å². The zero-order chi connectivity index (χ0) is 18.7. The van der Waals surface area contributed by atoms with Crippen LogP contribution in [0.2, 0.25) is 0 Å². The maximum atomic E-state index is 12.3. The molecule has 3 rings (SSSR count). The first-order chi connectivity index (χ1) is 12.5. The highest BCUT2D eigenvalue weighted by Crippen LogP contribution is 2.11. The van der Waals surface area contributed by atoms with E-state index in [9.17, 15) is 14.4 Å². The second-order valence-electron chi connectivity index (χ2n) is 6.06. The lowest BCUT2D eigenvalue weighted by Gasteiger charge is -2.09. The topological polar surface area (TPSA) is 92.6 Å². The summed E-state index contributed by atoms with van der Waals surface area (Å²) in [4.78, 5) is 40.9. The molecule has 134 valence electrons. The van der Waals surface area contributed by atoms with Gasteiger partial charge in [-0.3, -0.25) is 18.8 Å². The number of hydrogen-bond donors (Lipinski definition) is 2. The van der Waals surface area contributed by atoms with Gasteiger partial charge in [0.05, 0.1) is 0 Å². The van der Waals surface area contributed by atoms with Crippen LogP contribution < -0.4 is 16.2 Å². The Hall–Kier alpha value is -3.00. The summed E-state index contributed by atoms with van der Waals surface area (Å²) in [6.45, 7) is 3.91. The number of carbonyl (C=O) groups is 2. The number of anilines is 1. The third-order valence-electron chi connectivity index (χ3n) is 3.79. The van der Waals surface area contributed by atoms with Crippen molar-refractivity contribution in [3.05, 3.63) is 63.5 Å². The van der Waals surface area contributed by atoms with Gasteiger partial charge in [-0.1, -0.05) is 26.0 Å². The van der Waals surface area contributed by atoms with Crippen molar-refractivity contribution in [3.8, 4) is 0 Å². The number of carbonyl (C=O) groups excluding carboxylic acids is 2. The lowest BCUT2D eigenvalue weighted by molar-refractivity contribution is -0.118. The number of rotatable bonds is 5. The van der Waals surface area contributed by atoms with E-state index in [4.69, 9.17) is 0 Å². The van der Waals surface area contributed by atoms with Gasteiger partial charge in [0.25, 0.3) is 11.5 Å². The number of amides is 2. The Kier molecular flexibility index (Phi) is 5.13. The Balaban J connectivity index is 1.64. The van der Waals surface area contributed by atoms with Crippen molar-refractivity contribution >= 4 is 33.8 Å². The molecule has 2 heterocycles. The average Bonchev–Trinajstić information content (AvgIpc) is 3.10. The quantitative estimate of drug-likeness (QED) is 0.721. The third kappa shape index (κ3) is 3.80. The highest BCUT2D eigenvalue weighted by atomic mass is 32.1. The predicted octanol–water partition coefficient (Wildman–Crippen LogP) is 2.28. The summed E-state index contributed by atoms with van der Waals surface area (Å²) in [7, 11) is 0. The number of nitrogens with one attached hydrogen (secondary N) is 2. The van der Waals surface area contributed by atoms with E-state index in [2.05, 4.69) is 15.6 Å². The Morgan fingerprint density at radius 2 is 1.96 bits per heavy atom. The number of nitrogens with zero attached hydrogens (tertiary/aromatic N) is 2. The number of thiazole rings is 1. The van der Waals surface area contributed by atoms with Crippen LogP contribution >= 0.6 is 11.3 Å². The summed E-state index contributed by atoms with van der Waals surface area (Å²) >= 11 is 1.33. The summed E-state index contributed by atoms with van der Waals surface area (Å²) < 4.78 is 1.35. The molecule has 0 aliphatic rings. The van der Waals surface area contributed by atoms with Gasteiger partial charge in [-0.2, -0.15) is 0 Å². The molecule has 0 aliphatic carbocycles. The first-order valence-electron chi connectivity index (χ1n) is 8.08. The van der Waals surface area contributed by atoms with E-state index in [0.29, 0.717) is 10.6 Å². The van der Waals surface area contributed by atoms with Crippen LogP contribution in [0.4, 0.5) is 5.69 Å². The van der Waals surface area contributed by atoms with Gasteiger partial charge in [0, 0.05) is 35.9 Å². The van der Waals surface area contributed by atoms with E-state index >= 15 is 0 Å². The molecule has 2 amide bonds. The predicted molar refractivity (Wildman–Crippen MR) is 100 cm³/mol. The van der Waals surface area contributed by atoms with Crippen molar-refractivity contribution in [1.29, 1.82) is 0 Å². The second kappa shape index (κ2) is 7.49. The second-order valence-corrected chi connectivity index (χ2v) is 6.93. The fraction of sp³-hybridized carbons (Fsp3) is 0.222. The Morgan fingerprint density at radius 3 is 2.65 bits per heavy atom. The molecule has 26 heavy (non-hydrogen) atoms. The van der Waals surface area contributed by atoms with Gasteiger partial charge < -0.3 is 10.6 Å². The molecule has 0 fully saturated rings. The van der Waals surface area contributed by atoms with Gasteiger partial charge in [-0.15, -0.1) is 11.3 Å². The molecule has 0 atom stereocenters. The largest absolute Gasteiger partial charge is 0.348 e. The fourth-order valence-corrected chi connectivity index (χ4v) is 2.93. The minimum absolute atomic E-state index is 0.00159. The minimum atomic E-state index is -0.472. The lowest BCUT2D eigenvalue weighted by Crippen LogP contribution is -2.30. The van der Waals surface area contributed by atoms with Gasteiger partial charge in [0.2, 0.25) is 5.91 Å². The van der Waals surface area contributed by atoms with Crippen molar-refractivity contribution in [3.63, 3.8) is 0 Å². The molecule has 7 nitrogen and oxygen atoms in total. The van der Waals surface area contributed by atoms with Crippen LogP contribution in [0.25, 0.3) is 4.96 Å². The summed E-state index contributed by atoms with van der Waals surface area (Å²) in [6, 6.07) is 7.16. The molecule has 3 aromatic rings. The Labute approximate surface area is 153 Å². The molecule has 0 radical (unpaired) electrons. The molecule has 2 aromatic heterocycles. The summed E-state index contributed by atoms with van der Waals surface area (Å²) in [6.07, 6.45) is 2.89. The zero-order valence-corrected chi connectivity index (χ0v) is 15.2. The van der Waals surface area contributed by atoms with Crippen molar-refractivity contribution in [2.24, 2.45) is 5.92 Å². The molecule has 0 spiro atoms. The van der Waals surface area contributed by atoms with Crippen LogP contribution in [0.3, 0.4) is 0 Å². The summed E-state index contributed by atoms with van der Waals surface area (Å²) in [5.74, 6) is -0.620. The Bertz CT molecular complexity index is 1010. The third-order valence-corrected chi connectivity index (χ3v) is 4.56. The van der Waals surface area contributed by atoms with E-state index in [0.717, 1.165) is 5.56 Å². The van der Waals surface area contributed by atoms with Crippen LogP contribution in [0, 0.1) is 5.92 Å². The van der Waals surface area contributed by atoms with Crippen LogP contribution in [0.15, 0.2) is 46.8 Å². The van der Waals surface area contributed by atoms with Crippen molar-refractivity contribution in [1.82, 2.24) is 14.7 Å². The smallest absolute Gasteiger partial charge is 0.271 e. The van der Waals surface area contributed by atoms with Gasteiger partial charge >= 0.3 is 0 Å². The molecule has 0 saturated heterocycles. The van der Waals surface area contributed by atoms with Crippen molar-refractivity contribution < 1.29 is 9.59 Å². The molecule has 0 unspecified atom stereocenters. The van der Waals surface area contributed by atoms with E-state index in [1.54, 1.807) is 23.7 Å². The maximum Gasteiger partial charge on any atom is 0.271 e. The number of hydrogen-bond acceptors (Lipinski definition) is 5. The van der Waals surface area contributed by atoms with Crippen LogP contribution in [-0.4, -0.2) is 21.2 Å². The number of fused-ring (bicyclic) bond motifs is 1. The molecular formula is C18H18N4O3S. The molecule has 2 N–H and O–H groups in total. The SMILES string of the molecule is CC(C)C(=O)Nc1ccc(CNC(=O)c2cnc3sccn3c2=O)cc1. The molecule has 8 heteroatoms. The van der Waals surface area contributed by atoms with Crippen LogP contribution in [0.1, 0.15) is 29.8 Å². The van der Waals surface area contributed by atoms with E-state index in [1.807, 2.05) is 26.0 Å².